The largest absolute Gasteiger partial charge is 0.382 e. The first-order valence-corrected chi connectivity index (χ1v) is 6.16. The van der Waals surface area contributed by atoms with Crippen LogP contribution < -0.4 is 11.1 Å². The molecule has 0 fully saturated rings. The first-order chi connectivity index (χ1) is 8.47. The van der Waals surface area contributed by atoms with Crippen molar-refractivity contribution in [2.75, 3.05) is 11.1 Å². The molecule has 0 unspecified atom stereocenters. The SMILES string of the molecule is CC(C)n1ccc(Nc2nc(N)c(Cl)cc2Cl)n1. The van der Waals surface area contributed by atoms with Crippen LogP contribution in [0.3, 0.4) is 0 Å². The Balaban J connectivity index is 2.25. The molecule has 2 heterocycles. The molecule has 18 heavy (non-hydrogen) atoms. The van der Waals surface area contributed by atoms with Crippen LogP contribution in [0.4, 0.5) is 17.5 Å². The summed E-state index contributed by atoms with van der Waals surface area (Å²) in [4.78, 5) is 4.08. The second-order valence-corrected chi connectivity index (χ2v) is 4.90. The van der Waals surface area contributed by atoms with Crippen LogP contribution in [0.5, 0.6) is 0 Å². The Morgan fingerprint density at radius 1 is 1.33 bits per heavy atom. The van der Waals surface area contributed by atoms with Gasteiger partial charge < -0.3 is 11.1 Å². The Bertz CT molecular complexity index is 565. The summed E-state index contributed by atoms with van der Waals surface area (Å²) in [5.41, 5.74) is 5.63. The summed E-state index contributed by atoms with van der Waals surface area (Å²) < 4.78 is 1.83. The van der Waals surface area contributed by atoms with Crippen LogP contribution in [0.1, 0.15) is 19.9 Å². The molecule has 0 saturated carbocycles. The Morgan fingerprint density at radius 3 is 2.67 bits per heavy atom. The van der Waals surface area contributed by atoms with Crippen molar-refractivity contribution >= 4 is 40.7 Å². The lowest BCUT2D eigenvalue weighted by Gasteiger charge is -2.07. The summed E-state index contributed by atoms with van der Waals surface area (Å²) in [5, 5.41) is 8.06. The fourth-order valence-corrected chi connectivity index (χ4v) is 1.79. The fourth-order valence-electron chi connectivity index (χ4n) is 1.38. The molecule has 0 bridgehead atoms. The van der Waals surface area contributed by atoms with Crippen molar-refractivity contribution in [2.45, 2.75) is 19.9 Å². The van der Waals surface area contributed by atoms with Gasteiger partial charge in [0.15, 0.2) is 11.6 Å². The highest BCUT2D eigenvalue weighted by atomic mass is 35.5. The first kappa shape index (κ1) is 13.0. The van der Waals surface area contributed by atoms with Crippen LogP contribution in [-0.2, 0) is 0 Å². The van der Waals surface area contributed by atoms with Gasteiger partial charge in [-0.15, -0.1) is 0 Å². The average Bonchev–Trinajstić information content (AvgIpc) is 2.74. The number of anilines is 3. The van der Waals surface area contributed by atoms with Crippen LogP contribution in [0.25, 0.3) is 0 Å². The lowest BCUT2D eigenvalue weighted by Crippen LogP contribution is -2.03. The predicted octanol–water partition coefficient (Wildman–Crippen LogP) is 3.49. The zero-order valence-corrected chi connectivity index (χ0v) is 11.5. The van der Waals surface area contributed by atoms with Crippen molar-refractivity contribution in [3.63, 3.8) is 0 Å². The highest BCUT2D eigenvalue weighted by molar-refractivity contribution is 6.37. The molecular weight excluding hydrogens is 273 g/mol. The molecule has 0 aliphatic rings. The molecule has 0 atom stereocenters. The van der Waals surface area contributed by atoms with Crippen molar-refractivity contribution in [2.24, 2.45) is 0 Å². The second kappa shape index (κ2) is 5.04. The summed E-state index contributed by atoms with van der Waals surface area (Å²) in [6.45, 7) is 4.09. The van der Waals surface area contributed by atoms with Crippen molar-refractivity contribution < 1.29 is 0 Å². The Hall–Kier alpha value is -1.46. The molecule has 0 aliphatic carbocycles. The van der Waals surface area contributed by atoms with Crippen molar-refractivity contribution in [1.82, 2.24) is 14.8 Å². The average molecular weight is 286 g/mol. The smallest absolute Gasteiger partial charge is 0.153 e. The standard InChI is InChI=1S/C11H13Cl2N5/c1-6(2)18-4-3-9(17-18)15-11-8(13)5-7(12)10(14)16-11/h3-6H,1-2H3,(H3,14,15,16,17). The zero-order valence-electron chi connectivity index (χ0n) is 9.98. The Kier molecular flexibility index (Phi) is 3.63. The van der Waals surface area contributed by atoms with E-state index in [9.17, 15) is 0 Å². The van der Waals surface area contributed by atoms with E-state index in [0.29, 0.717) is 27.7 Å². The van der Waals surface area contributed by atoms with E-state index in [0.717, 1.165) is 0 Å². The molecule has 2 rings (SSSR count). The maximum Gasteiger partial charge on any atom is 0.153 e. The van der Waals surface area contributed by atoms with Gasteiger partial charge in [0, 0.05) is 18.3 Å². The molecule has 0 aromatic carbocycles. The normalized spacial score (nSPS) is 10.9. The molecule has 5 nitrogen and oxygen atoms in total. The van der Waals surface area contributed by atoms with E-state index in [1.165, 1.54) is 0 Å². The minimum atomic E-state index is 0.229. The van der Waals surface area contributed by atoms with Crippen LogP contribution in [0, 0.1) is 0 Å². The summed E-state index contributed by atoms with van der Waals surface area (Å²) in [6, 6.07) is 3.68. The molecule has 2 aromatic heterocycles. The number of nitrogens with zero attached hydrogens (tertiary/aromatic N) is 3. The predicted molar refractivity (Wildman–Crippen MR) is 74.6 cm³/mol. The molecule has 2 aromatic rings. The van der Waals surface area contributed by atoms with Gasteiger partial charge in [-0.3, -0.25) is 4.68 Å². The van der Waals surface area contributed by atoms with E-state index in [1.54, 1.807) is 6.07 Å². The van der Waals surface area contributed by atoms with E-state index < -0.39 is 0 Å². The van der Waals surface area contributed by atoms with Gasteiger partial charge in [-0.2, -0.15) is 5.10 Å². The lowest BCUT2D eigenvalue weighted by atomic mass is 10.4. The monoisotopic (exact) mass is 285 g/mol. The second-order valence-electron chi connectivity index (χ2n) is 4.09. The topological polar surface area (TPSA) is 68.8 Å². The van der Waals surface area contributed by atoms with E-state index in [4.69, 9.17) is 28.9 Å². The van der Waals surface area contributed by atoms with Gasteiger partial charge >= 0.3 is 0 Å². The van der Waals surface area contributed by atoms with Crippen LogP contribution in [0.15, 0.2) is 18.3 Å². The van der Waals surface area contributed by atoms with Gasteiger partial charge in [0.2, 0.25) is 0 Å². The quantitative estimate of drug-likeness (QED) is 0.906. The molecule has 0 spiro atoms. The van der Waals surface area contributed by atoms with Crippen LogP contribution in [-0.4, -0.2) is 14.8 Å². The van der Waals surface area contributed by atoms with E-state index >= 15 is 0 Å². The number of aromatic nitrogens is 3. The van der Waals surface area contributed by atoms with Crippen molar-refractivity contribution in [3.05, 3.63) is 28.4 Å². The molecule has 0 radical (unpaired) electrons. The van der Waals surface area contributed by atoms with E-state index in [1.807, 2.05) is 30.8 Å². The number of pyridine rings is 1. The lowest BCUT2D eigenvalue weighted by molar-refractivity contribution is 0.534. The molecule has 0 amide bonds. The van der Waals surface area contributed by atoms with Crippen LogP contribution in [0.2, 0.25) is 10.0 Å². The van der Waals surface area contributed by atoms with E-state index in [2.05, 4.69) is 15.4 Å². The molecule has 3 N–H and O–H groups in total. The van der Waals surface area contributed by atoms with Crippen molar-refractivity contribution in [1.29, 1.82) is 0 Å². The van der Waals surface area contributed by atoms with Gasteiger partial charge in [0.05, 0.1) is 10.0 Å². The summed E-state index contributed by atoms with van der Waals surface area (Å²) >= 11 is 11.8. The Morgan fingerprint density at radius 2 is 2.06 bits per heavy atom. The minimum absolute atomic E-state index is 0.229. The third-order valence-electron chi connectivity index (χ3n) is 2.34. The number of nitrogens with one attached hydrogen (secondary N) is 1. The van der Waals surface area contributed by atoms with Gasteiger partial charge in [0.1, 0.15) is 5.82 Å². The number of nitrogen functional groups attached to an aromatic ring is 1. The zero-order chi connectivity index (χ0) is 13.3. The highest BCUT2D eigenvalue weighted by Crippen LogP contribution is 2.29. The van der Waals surface area contributed by atoms with Crippen molar-refractivity contribution in [3.8, 4) is 0 Å². The van der Waals surface area contributed by atoms with Gasteiger partial charge in [0.25, 0.3) is 0 Å². The fraction of sp³-hybridized carbons (Fsp3) is 0.273. The maximum absolute atomic E-state index is 6.02. The van der Waals surface area contributed by atoms with Gasteiger partial charge in [-0.25, -0.2) is 4.98 Å². The highest BCUT2D eigenvalue weighted by Gasteiger charge is 2.09. The Labute approximate surface area is 115 Å². The number of hydrogen-bond donors (Lipinski definition) is 2. The number of rotatable bonds is 3. The number of hydrogen-bond acceptors (Lipinski definition) is 4. The third kappa shape index (κ3) is 2.68. The summed E-state index contributed by atoms with van der Waals surface area (Å²) in [5.74, 6) is 1.32. The maximum atomic E-state index is 6.02. The number of halogens is 2. The van der Waals surface area contributed by atoms with E-state index in [-0.39, 0.29) is 5.82 Å². The molecule has 7 heteroatoms. The van der Waals surface area contributed by atoms with Crippen LogP contribution >= 0.6 is 23.2 Å². The molecule has 0 aliphatic heterocycles. The molecule has 96 valence electrons. The molecular formula is C11H13Cl2N5. The molecule has 0 saturated heterocycles. The summed E-state index contributed by atoms with van der Waals surface area (Å²) in [7, 11) is 0. The third-order valence-corrected chi connectivity index (χ3v) is 2.93. The minimum Gasteiger partial charge on any atom is -0.382 e. The first-order valence-electron chi connectivity index (χ1n) is 5.41. The number of nitrogens with two attached hydrogens (primary N) is 1. The van der Waals surface area contributed by atoms with Gasteiger partial charge in [-0.1, -0.05) is 23.2 Å². The summed E-state index contributed by atoms with van der Waals surface area (Å²) in [6.07, 6.45) is 1.88. The van der Waals surface area contributed by atoms with Gasteiger partial charge in [-0.05, 0) is 19.9 Å².